The highest BCUT2D eigenvalue weighted by Crippen LogP contribution is 1.87. The second kappa shape index (κ2) is 8.90. The van der Waals surface area contributed by atoms with E-state index < -0.39 is 0 Å². The zero-order valence-electron chi connectivity index (χ0n) is 4.89. The van der Waals surface area contributed by atoms with E-state index in [9.17, 15) is 0 Å². The van der Waals surface area contributed by atoms with Crippen LogP contribution in [0.15, 0.2) is 20.3 Å². The highest BCUT2D eigenvalue weighted by molar-refractivity contribution is 14.1. The molecule has 0 aliphatic rings. The van der Waals surface area contributed by atoms with Crippen molar-refractivity contribution in [3.05, 3.63) is 20.3 Å². The number of rotatable bonds is 4. The molecule has 0 aromatic rings. The molecule has 0 fully saturated rings. The van der Waals surface area contributed by atoms with Gasteiger partial charge in [0, 0.05) is 0 Å². The van der Waals surface area contributed by atoms with Gasteiger partial charge in [-0.1, -0.05) is 57.3 Å². The Hall–Kier alpha value is 0.900. The van der Waals surface area contributed by atoms with Gasteiger partial charge in [0.15, 0.2) is 0 Å². The zero-order chi connectivity index (χ0) is 6.95. The van der Waals surface area contributed by atoms with Crippen LogP contribution in [0.1, 0.15) is 0 Å². The predicted molar refractivity (Wildman–Crippen MR) is 57.1 cm³/mol. The maximum absolute atomic E-state index is 5.13. The molecule has 0 unspecified atom stereocenters. The van der Waals surface area contributed by atoms with Gasteiger partial charge in [-0.3, -0.25) is 0 Å². The van der Waals surface area contributed by atoms with Crippen molar-refractivity contribution in [2.75, 3.05) is 13.2 Å². The quantitative estimate of drug-likeness (QED) is 0.560. The van der Waals surface area contributed by atoms with Crippen molar-refractivity contribution in [1.29, 1.82) is 0 Å². The Morgan fingerprint density at radius 3 is 1.78 bits per heavy atom. The summed E-state index contributed by atoms with van der Waals surface area (Å²) in [6.07, 6.45) is 3.95. The fraction of sp³-hybridized carbons (Fsp3) is 0.333. The van der Waals surface area contributed by atoms with Crippen molar-refractivity contribution in [2.45, 2.75) is 0 Å². The van der Waals surface area contributed by atoms with E-state index in [1.165, 1.54) is 0 Å². The van der Waals surface area contributed by atoms with Crippen molar-refractivity contribution in [3.63, 3.8) is 0 Å². The molecule has 0 N–H and O–H groups in total. The molecule has 0 saturated carbocycles. The Morgan fingerprint density at radius 1 is 1.00 bits per heavy atom. The lowest BCUT2D eigenvalue weighted by molar-refractivity contribution is 0.194. The Balaban J connectivity index is 2.91. The topological polar surface area (TPSA) is 9.23 Å². The van der Waals surface area contributed by atoms with Gasteiger partial charge < -0.3 is 4.74 Å². The number of hydrogen-bond acceptors (Lipinski definition) is 1. The molecular formula is C6H8I2O. The third kappa shape index (κ3) is 8.90. The molecule has 0 spiro atoms. The van der Waals surface area contributed by atoms with Crippen molar-refractivity contribution < 1.29 is 4.74 Å². The summed E-state index contributed by atoms with van der Waals surface area (Å²) in [5.41, 5.74) is 0. The minimum atomic E-state index is 0.712. The minimum Gasteiger partial charge on any atom is -0.373 e. The Bertz CT molecular complexity index is 87.2. The van der Waals surface area contributed by atoms with Crippen LogP contribution < -0.4 is 0 Å². The lowest BCUT2D eigenvalue weighted by Gasteiger charge is -1.91. The first kappa shape index (κ1) is 9.90. The Labute approximate surface area is 82.8 Å². The van der Waals surface area contributed by atoms with E-state index in [0.717, 1.165) is 0 Å². The van der Waals surface area contributed by atoms with Crippen LogP contribution in [0.3, 0.4) is 0 Å². The molecule has 0 rings (SSSR count). The average molecular weight is 350 g/mol. The second-order valence-electron chi connectivity index (χ2n) is 1.26. The van der Waals surface area contributed by atoms with Gasteiger partial charge in [-0.15, -0.1) is 0 Å². The fourth-order valence-corrected chi connectivity index (χ4v) is 0.692. The van der Waals surface area contributed by atoms with Crippen LogP contribution in [0.4, 0.5) is 0 Å². The number of hydrogen-bond donors (Lipinski definition) is 0. The van der Waals surface area contributed by atoms with Gasteiger partial charge in [-0.05, 0) is 8.17 Å². The minimum absolute atomic E-state index is 0.712. The van der Waals surface area contributed by atoms with Crippen LogP contribution >= 0.6 is 45.2 Å². The summed E-state index contributed by atoms with van der Waals surface area (Å²) >= 11 is 4.34. The lowest BCUT2D eigenvalue weighted by Crippen LogP contribution is -1.88. The van der Waals surface area contributed by atoms with Gasteiger partial charge in [0.2, 0.25) is 0 Å². The second-order valence-corrected chi connectivity index (χ2v) is 2.70. The molecule has 0 radical (unpaired) electrons. The molecule has 3 heteroatoms. The third-order valence-electron chi connectivity index (χ3n) is 0.606. The van der Waals surface area contributed by atoms with E-state index in [1.54, 1.807) is 0 Å². The van der Waals surface area contributed by atoms with Crippen LogP contribution in [0.5, 0.6) is 0 Å². The van der Waals surface area contributed by atoms with Crippen molar-refractivity contribution in [3.8, 4) is 0 Å². The molecule has 0 amide bonds. The molecule has 9 heavy (non-hydrogen) atoms. The number of ether oxygens (including phenoxy) is 1. The van der Waals surface area contributed by atoms with E-state index in [1.807, 2.05) is 20.3 Å². The van der Waals surface area contributed by atoms with Gasteiger partial charge in [-0.2, -0.15) is 0 Å². The predicted octanol–water partition coefficient (Wildman–Crippen LogP) is 2.90. The maximum atomic E-state index is 5.13. The van der Waals surface area contributed by atoms with Gasteiger partial charge in [-0.25, -0.2) is 0 Å². The van der Waals surface area contributed by atoms with E-state index in [0.29, 0.717) is 13.2 Å². The molecule has 0 heterocycles. The first-order chi connectivity index (χ1) is 4.41. The monoisotopic (exact) mass is 350 g/mol. The smallest absolute Gasteiger partial charge is 0.0659 e. The first-order valence-electron chi connectivity index (χ1n) is 2.50. The normalized spacial score (nSPS) is 11.8. The molecule has 0 saturated heterocycles. The molecule has 1 nitrogen and oxygen atoms in total. The van der Waals surface area contributed by atoms with Crippen LogP contribution in [0.2, 0.25) is 0 Å². The van der Waals surface area contributed by atoms with Crippen molar-refractivity contribution in [2.24, 2.45) is 0 Å². The summed E-state index contributed by atoms with van der Waals surface area (Å²) in [7, 11) is 0. The summed E-state index contributed by atoms with van der Waals surface area (Å²) in [6.45, 7) is 1.42. The molecule has 0 bridgehead atoms. The maximum Gasteiger partial charge on any atom is 0.0659 e. The van der Waals surface area contributed by atoms with Gasteiger partial charge in [0.1, 0.15) is 0 Å². The number of halogens is 2. The summed E-state index contributed by atoms with van der Waals surface area (Å²) in [4.78, 5) is 0. The highest BCUT2D eigenvalue weighted by atomic mass is 127. The third-order valence-corrected chi connectivity index (χ3v) is 1.62. The molecule has 0 aromatic carbocycles. The molecule has 0 aliphatic carbocycles. The van der Waals surface area contributed by atoms with Gasteiger partial charge in [0.25, 0.3) is 0 Å². The highest BCUT2D eigenvalue weighted by Gasteiger charge is 1.74. The van der Waals surface area contributed by atoms with Crippen LogP contribution in [0, 0.1) is 0 Å². The Kier molecular flexibility index (Phi) is 9.79. The molecule has 0 aliphatic heterocycles. The van der Waals surface area contributed by atoms with E-state index in [4.69, 9.17) is 4.74 Å². The van der Waals surface area contributed by atoms with E-state index in [2.05, 4.69) is 45.2 Å². The van der Waals surface area contributed by atoms with E-state index in [-0.39, 0.29) is 0 Å². The van der Waals surface area contributed by atoms with Crippen LogP contribution in [-0.4, -0.2) is 13.2 Å². The summed E-state index contributed by atoms with van der Waals surface area (Å²) < 4.78 is 9.03. The lowest BCUT2D eigenvalue weighted by atomic mass is 10.6. The summed E-state index contributed by atoms with van der Waals surface area (Å²) in [5, 5.41) is 0. The van der Waals surface area contributed by atoms with Gasteiger partial charge >= 0.3 is 0 Å². The van der Waals surface area contributed by atoms with Gasteiger partial charge in [0.05, 0.1) is 13.2 Å². The molecule has 52 valence electrons. The summed E-state index contributed by atoms with van der Waals surface area (Å²) in [6, 6.07) is 0. The van der Waals surface area contributed by atoms with Crippen LogP contribution in [-0.2, 0) is 4.74 Å². The van der Waals surface area contributed by atoms with E-state index >= 15 is 0 Å². The molecule has 0 aromatic heterocycles. The van der Waals surface area contributed by atoms with Crippen molar-refractivity contribution >= 4 is 45.2 Å². The van der Waals surface area contributed by atoms with Crippen LogP contribution in [0.25, 0.3) is 0 Å². The summed E-state index contributed by atoms with van der Waals surface area (Å²) in [5.74, 6) is 0. The Morgan fingerprint density at radius 2 is 1.44 bits per heavy atom. The SMILES string of the molecule is IC=CCOCC=CI. The van der Waals surface area contributed by atoms with Crippen molar-refractivity contribution in [1.82, 2.24) is 0 Å². The molecule has 0 atom stereocenters. The fourth-order valence-electron chi connectivity index (χ4n) is 0.277. The standard InChI is InChI=1S/C6H8I2O/c7-3-1-5-9-6-2-4-8/h1-4H,5-6H2. The largest absolute Gasteiger partial charge is 0.373 e. The molecular weight excluding hydrogens is 342 g/mol. The zero-order valence-corrected chi connectivity index (χ0v) is 9.20. The average Bonchev–Trinajstić information content (AvgIpc) is 1.89. The first-order valence-corrected chi connectivity index (χ1v) is 4.99.